The van der Waals surface area contributed by atoms with Gasteiger partial charge in [-0.1, -0.05) is 0 Å². The van der Waals surface area contributed by atoms with Crippen molar-refractivity contribution in [2.75, 3.05) is 6.54 Å². The Morgan fingerprint density at radius 1 is 1.70 bits per heavy atom. The summed E-state index contributed by atoms with van der Waals surface area (Å²) in [4.78, 5) is 7.97. The minimum absolute atomic E-state index is 0.148. The summed E-state index contributed by atoms with van der Waals surface area (Å²) in [5, 5.41) is 3.01. The fourth-order valence-corrected chi connectivity index (χ4v) is 0.909. The molecule has 1 aromatic rings. The normalized spacial score (nSPS) is 23.0. The molecule has 1 atom stereocenters. The topological polar surface area (TPSA) is 50.4 Å². The van der Waals surface area contributed by atoms with Crippen LogP contribution in [0.15, 0.2) is 21.9 Å². The highest BCUT2D eigenvalue weighted by atomic mass is 16.3. The van der Waals surface area contributed by atoms with Gasteiger partial charge in [0.05, 0.1) is 19.1 Å². The highest BCUT2D eigenvalue weighted by Crippen LogP contribution is 2.11. The van der Waals surface area contributed by atoms with E-state index in [9.17, 15) is 0 Å². The van der Waals surface area contributed by atoms with E-state index in [1.807, 2.05) is 0 Å². The van der Waals surface area contributed by atoms with Crippen LogP contribution in [0.3, 0.4) is 0 Å². The van der Waals surface area contributed by atoms with Crippen LogP contribution in [0.25, 0.3) is 0 Å². The monoisotopic (exact) mass is 137 g/mol. The molecule has 1 aliphatic rings. The van der Waals surface area contributed by atoms with Gasteiger partial charge in [0.1, 0.15) is 12.3 Å². The second-order valence-corrected chi connectivity index (χ2v) is 2.08. The number of aliphatic imine (C=N–C) groups is 1. The van der Waals surface area contributed by atoms with Gasteiger partial charge in [0.15, 0.2) is 0 Å². The van der Waals surface area contributed by atoms with Gasteiger partial charge < -0.3 is 9.73 Å². The summed E-state index contributed by atoms with van der Waals surface area (Å²) in [7, 11) is 0. The number of nitrogens with one attached hydrogen (secondary N) is 1. The highest BCUT2D eigenvalue weighted by Gasteiger charge is 2.16. The molecule has 0 radical (unpaired) electrons. The van der Waals surface area contributed by atoms with Crippen molar-refractivity contribution in [3.05, 3.63) is 18.4 Å². The van der Waals surface area contributed by atoms with Gasteiger partial charge in [0.2, 0.25) is 5.89 Å². The zero-order valence-electron chi connectivity index (χ0n) is 5.32. The minimum atomic E-state index is 0.148. The molecule has 2 rings (SSSR count). The van der Waals surface area contributed by atoms with Crippen LogP contribution < -0.4 is 5.32 Å². The van der Waals surface area contributed by atoms with E-state index in [4.69, 9.17) is 4.42 Å². The van der Waals surface area contributed by atoms with E-state index in [1.54, 1.807) is 18.8 Å². The molecule has 1 N–H and O–H groups in total. The van der Waals surface area contributed by atoms with Crippen LogP contribution in [0.2, 0.25) is 0 Å². The number of rotatable bonds is 1. The Hall–Kier alpha value is -1.32. The van der Waals surface area contributed by atoms with E-state index in [-0.39, 0.29) is 6.04 Å². The lowest BCUT2D eigenvalue weighted by molar-refractivity contribution is 0.446. The van der Waals surface area contributed by atoms with Gasteiger partial charge >= 0.3 is 0 Å². The molecule has 1 aromatic heterocycles. The number of hydrogen-bond acceptors (Lipinski definition) is 4. The molecule has 0 saturated carbocycles. The van der Waals surface area contributed by atoms with E-state index in [0.29, 0.717) is 5.89 Å². The molecule has 52 valence electrons. The molecule has 0 saturated heterocycles. The number of hydrogen-bond donors (Lipinski definition) is 1. The maximum atomic E-state index is 5.06. The van der Waals surface area contributed by atoms with Crippen LogP contribution in [-0.4, -0.2) is 17.9 Å². The maximum Gasteiger partial charge on any atom is 0.218 e. The Labute approximate surface area is 58.0 Å². The highest BCUT2D eigenvalue weighted by molar-refractivity contribution is 5.57. The van der Waals surface area contributed by atoms with E-state index in [1.165, 1.54) is 0 Å². The Kier molecular flexibility index (Phi) is 1.16. The van der Waals surface area contributed by atoms with Gasteiger partial charge in [-0.3, -0.25) is 4.99 Å². The summed E-state index contributed by atoms with van der Waals surface area (Å²) in [5.74, 6) is 0.706. The summed E-state index contributed by atoms with van der Waals surface area (Å²) in [6.07, 6.45) is 4.87. The van der Waals surface area contributed by atoms with Gasteiger partial charge in [0.25, 0.3) is 0 Å². The molecule has 0 amide bonds. The number of oxazole rings is 1. The molecular formula is C6H7N3O. The molecule has 0 aliphatic carbocycles. The van der Waals surface area contributed by atoms with Crippen molar-refractivity contribution in [2.24, 2.45) is 4.99 Å². The van der Waals surface area contributed by atoms with Crippen LogP contribution in [0.5, 0.6) is 0 Å². The summed E-state index contributed by atoms with van der Waals surface area (Å²) < 4.78 is 5.06. The van der Waals surface area contributed by atoms with Crippen molar-refractivity contribution in [2.45, 2.75) is 6.04 Å². The first-order valence-electron chi connectivity index (χ1n) is 3.10. The number of nitrogens with zero attached hydrogens (tertiary/aromatic N) is 2. The van der Waals surface area contributed by atoms with Crippen molar-refractivity contribution in [3.8, 4) is 0 Å². The first-order chi connectivity index (χ1) is 4.97. The number of aromatic nitrogens is 1. The van der Waals surface area contributed by atoms with Gasteiger partial charge in [-0.2, -0.15) is 0 Å². The summed E-state index contributed by atoms with van der Waals surface area (Å²) >= 11 is 0. The Bertz CT molecular complexity index is 221. The van der Waals surface area contributed by atoms with Crippen molar-refractivity contribution in [1.29, 1.82) is 0 Å². The standard InChI is InChI=1S/C6H7N3O/c1-2-10-6(8-1)5-3-7-4-9-5/h1-2,4-5H,3H2,(H,7,9). The molecule has 0 bridgehead atoms. The molecule has 10 heavy (non-hydrogen) atoms. The van der Waals surface area contributed by atoms with Gasteiger partial charge in [-0.15, -0.1) is 0 Å². The lowest BCUT2D eigenvalue weighted by Crippen LogP contribution is -2.15. The van der Waals surface area contributed by atoms with Crippen molar-refractivity contribution in [3.63, 3.8) is 0 Å². The first kappa shape index (κ1) is 5.46. The fraction of sp³-hybridized carbons (Fsp3) is 0.333. The molecule has 2 heterocycles. The van der Waals surface area contributed by atoms with Crippen LogP contribution in [0, 0.1) is 0 Å². The second kappa shape index (κ2) is 2.13. The molecule has 0 spiro atoms. The Morgan fingerprint density at radius 3 is 3.30 bits per heavy atom. The van der Waals surface area contributed by atoms with E-state index < -0.39 is 0 Å². The Balaban J connectivity index is 2.14. The smallest absolute Gasteiger partial charge is 0.218 e. The van der Waals surface area contributed by atoms with E-state index >= 15 is 0 Å². The third-order valence-electron chi connectivity index (χ3n) is 1.40. The molecule has 1 aliphatic heterocycles. The average molecular weight is 137 g/mol. The van der Waals surface area contributed by atoms with E-state index in [2.05, 4.69) is 15.3 Å². The predicted octanol–water partition coefficient (Wildman–Crippen LogP) is 0.347. The van der Waals surface area contributed by atoms with E-state index in [0.717, 1.165) is 6.54 Å². The predicted molar refractivity (Wildman–Crippen MR) is 35.7 cm³/mol. The molecule has 0 fully saturated rings. The Morgan fingerprint density at radius 2 is 2.70 bits per heavy atom. The van der Waals surface area contributed by atoms with Crippen LogP contribution in [-0.2, 0) is 0 Å². The van der Waals surface area contributed by atoms with Crippen LogP contribution in [0.4, 0.5) is 0 Å². The largest absolute Gasteiger partial charge is 0.447 e. The third-order valence-corrected chi connectivity index (χ3v) is 1.40. The molecular weight excluding hydrogens is 130 g/mol. The average Bonchev–Trinajstić information content (AvgIpc) is 2.59. The van der Waals surface area contributed by atoms with Gasteiger partial charge in [-0.05, 0) is 0 Å². The zero-order chi connectivity index (χ0) is 6.81. The summed E-state index contributed by atoms with van der Waals surface area (Å²) in [6.45, 7) is 0.723. The van der Waals surface area contributed by atoms with Crippen LogP contribution in [0.1, 0.15) is 11.9 Å². The summed E-state index contributed by atoms with van der Waals surface area (Å²) in [6, 6.07) is 0.148. The molecule has 1 unspecified atom stereocenters. The van der Waals surface area contributed by atoms with Crippen molar-refractivity contribution < 1.29 is 4.42 Å². The molecule has 0 aromatic carbocycles. The fourth-order valence-electron chi connectivity index (χ4n) is 0.909. The summed E-state index contributed by atoms with van der Waals surface area (Å²) in [5.41, 5.74) is 0. The van der Waals surface area contributed by atoms with Gasteiger partial charge in [-0.25, -0.2) is 4.98 Å². The first-order valence-corrected chi connectivity index (χ1v) is 3.10. The van der Waals surface area contributed by atoms with Crippen LogP contribution >= 0.6 is 0 Å². The third kappa shape index (κ3) is 0.775. The molecule has 4 nitrogen and oxygen atoms in total. The lowest BCUT2D eigenvalue weighted by atomic mass is 10.3. The second-order valence-electron chi connectivity index (χ2n) is 2.08. The molecule has 4 heteroatoms. The SMILES string of the molecule is C1=NCC(c2ncco2)N1. The maximum absolute atomic E-state index is 5.06. The van der Waals surface area contributed by atoms with Crippen molar-refractivity contribution in [1.82, 2.24) is 10.3 Å². The minimum Gasteiger partial charge on any atom is -0.447 e. The zero-order valence-corrected chi connectivity index (χ0v) is 5.32. The lowest BCUT2D eigenvalue weighted by Gasteiger charge is -2.01. The van der Waals surface area contributed by atoms with Gasteiger partial charge in [0, 0.05) is 0 Å². The van der Waals surface area contributed by atoms with Crippen molar-refractivity contribution >= 4 is 6.34 Å². The quantitative estimate of drug-likeness (QED) is 0.607.